The van der Waals surface area contributed by atoms with E-state index in [9.17, 15) is 4.79 Å². The van der Waals surface area contributed by atoms with Crippen molar-refractivity contribution in [1.29, 1.82) is 0 Å². The van der Waals surface area contributed by atoms with Crippen molar-refractivity contribution in [3.8, 4) is 5.75 Å². The number of rotatable bonds is 5. The number of carbonyl (C=O) groups excluding carboxylic acids is 1. The Morgan fingerprint density at radius 1 is 1.50 bits per heavy atom. The van der Waals surface area contributed by atoms with Crippen LogP contribution in [-0.4, -0.2) is 27.8 Å². The first-order valence-corrected chi connectivity index (χ1v) is 6.63. The van der Waals surface area contributed by atoms with Gasteiger partial charge in [0.25, 0.3) is 0 Å². The van der Waals surface area contributed by atoms with Crippen LogP contribution in [0.25, 0.3) is 0 Å². The number of hydrogen-bond donors (Lipinski definition) is 2. The minimum Gasteiger partial charge on any atom is -0.495 e. The Balaban J connectivity index is 2.11. The fourth-order valence-electron chi connectivity index (χ4n) is 1.90. The van der Waals surface area contributed by atoms with Crippen LogP contribution >= 0.6 is 12.2 Å². The summed E-state index contributed by atoms with van der Waals surface area (Å²) in [5.74, 6) is 1.07. The van der Waals surface area contributed by atoms with Crippen molar-refractivity contribution >= 4 is 23.8 Å². The van der Waals surface area contributed by atoms with Gasteiger partial charge in [-0.2, -0.15) is 5.10 Å². The smallest absolute Gasteiger partial charge is 0.232 e. The largest absolute Gasteiger partial charge is 0.495 e. The molecule has 1 aromatic carbocycles. The summed E-state index contributed by atoms with van der Waals surface area (Å²) in [4.78, 5) is 12.1. The Kier molecular flexibility index (Phi) is 4.52. The van der Waals surface area contributed by atoms with E-state index in [1.807, 2.05) is 19.1 Å². The van der Waals surface area contributed by atoms with Gasteiger partial charge in [0.05, 0.1) is 19.2 Å². The highest BCUT2D eigenvalue weighted by molar-refractivity contribution is 7.71. The lowest BCUT2D eigenvalue weighted by atomic mass is 10.2. The molecule has 2 rings (SSSR count). The molecule has 0 aliphatic heterocycles. The third-order valence-electron chi connectivity index (χ3n) is 2.85. The minimum atomic E-state index is -0.168. The van der Waals surface area contributed by atoms with Gasteiger partial charge in [0, 0.05) is 6.54 Å². The maximum absolute atomic E-state index is 12.1. The quantitative estimate of drug-likeness (QED) is 0.828. The molecule has 0 bridgehead atoms. The van der Waals surface area contributed by atoms with Crippen molar-refractivity contribution in [3.63, 3.8) is 0 Å². The predicted octanol–water partition coefficient (Wildman–Crippen LogP) is 2.15. The number of hydrogen-bond acceptors (Lipinski definition) is 4. The second-order valence-electron chi connectivity index (χ2n) is 4.11. The molecule has 0 atom stereocenters. The number of aromatic amines is 1. The third kappa shape index (κ3) is 3.05. The zero-order valence-corrected chi connectivity index (χ0v) is 12.2. The fraction of sp³-hybridized carbons (Fsp3) is 0.308. The second kappa shape index (κ2) is 6.33. The lowest BCUT2D eigenvalue weighted by Gasteiger charge is -2.09. The van der Waals surface area contributed by atoms with Crippen LogP contribution in [0.4, 0.5) is 5.69 Å². The number of ether oxygens (including phenoxy) is 1. The number of anilines is 1. The van der Waals surface area contributed by atoms with Crippen LogP contribution in [0.3, 0.4) is 0 Å². The van der Waals surface area contributed by atoms with Crippen molar-refractivity contribution in [2.75, 3.05) is 12.4 Å². The molecule has 1 amide bonds. The normalized spacial score (nSPS) is 10.3. The lowest BCUT2D eigenvalue weighted by molar-refractivity contribution is -0.115. The van der Waals surface area contributed by atoms with Gasteiger partial charge < -0.3 is 14.6 Å². The average Bonchev–Trinajstić information content (AvgIpc) is 2.79. The van der Waals surface area contributed by atoms with Gasteiger partial charge in [0.1, 0.15) is 11.6 Å². The van der Waals surface area contributed by atoms with E-state index in [0.717, 1.165) is 0 Å². The number of nitrogens with zero attached hydrogens (tertiary/aromatic N) is 2. The van der Waals surface area contributed by atoms with Crippen LogP contribution in [-0.2, 0) is 17.8 Å². The van der Waals surface area contributed by atoms with Crippen LogP contribution < -0.4 is 10.1 Å². The van der Waals surface area contributed by atoms with Crippen molar-refractivity contribution in [3.05, 3.63) is 34.9 Å². The summed E-state index contributed by atoms with van der Waals surface area (Å²) in [6, 6.07) is 7.25. The highest BCUT2D eigenvalue weighted by Crippen LogP contribution is 2.23. The number of benzene rings is 1. The van der Waals surface area contributed by atoms with Crippen LogP contribution in [0, 0.1) is 4.77 Å². The zero-order chi connectivity index (χ0) is 14.5. The van der Waals surface area contributed by atoms with Crippen LogP contribution in [0.15, 0.2) is 24.3 Å². The molecular formula is C13H16N4O2S. The van der Waals surface area contributed by atoms with Gasteiger partial charge in [-0.25, -0.2) is 0 Å². The molecule has 7 heteroatoms. The third-order valence-corrected chi connectivity index (χ3v) is 3.16. The van der Waals surface area contributed by atoms with E-state index in [4.69, 9.17) is 17.0 Å². The van der Waals surface area contributed by atoms with Gasteiger partial charge in [-0.1, -0.05) is 12.1 Å². The van der Waals surface area contributed by atoms with Crippen molar-refractivity contribution in [2.24, 2.45) is 0 Å². The number of aromatic nitrogens is 3. The van der Waals surface area contributed by atoms with E-state index < -0.39 is 0 Å². The summed E-state index contributed by atoms with van der Waals surface area (Å²) in [5.41, 5.74) is 0.636. The Hall–Kier alpha value is -2.15. The Morgan fingerprint density at radius 3 is 2.95 bits per heavy atom. The molecule has 0 aliphatic rings. The molecule has 0 saturated carbocycles. The highest BCUT2D eigenvalue weighted by Gasteiger charge is 2.12. The molecule has 2 N–H and O–H groups in total. The summed E-state index contributed by atoms with van der Waals surface area (Å²) < 4.78 is 7.50. The van der Waals surface area contributed by atoms with E-state index in [1.54, 1.807) is 23.8 Å². The summed E-state index contributed by atoms with van der Waals surface area (Å²) in [5, 5.41) is 9.56. The van der Waals surface area contributed by atoms with Crippen molar-refractivity contribution in [2.45, 2.75) is 19.9 Å². The second-order valence-corrected chi connectivity index (χ2v) is 4.50. The summed E-state index contributed by atoms with van der Waals surface area (Å²) in [7, 11) is 1.56. The number of H-pyrrole nitrogens is 1. The first-order valence-electron chi connectivity index (χ1n) is 6.22. The topological polar surface area (TPSA) is 71.9 Å². The number of nitrogens with one attached hydrogen (secondary N) is 2. The molecule has 0 spiro atoms. The molecule has 0 fully saturated rings. The highest BCUT2D eigenvalue weighted by atomic mass is 32.1. The molecule has 0 radical (unpaired) electrons. The van der Waals surface area contributed by atoms with E-state index in [1.165, 1.54) is 0 Å². The average molecular weight is 292 g/mol. The molecule has 0 aliphatic carbocycles. The number of amides is 1. The molecule has 0 unspecified atom stereocenters. The van der Waals surface area contributed by atoms with Crippen molar-refractivity contribution in [1.82, 2.24) is 14.8 Å². The van der Waals surface area contributed by atoms with Gasteiger partial charge in [0.2, 0.25) is 5.91 Å². The minimum absolute atomic E-state index is 0.152. The van der Waals surface area contributed by atoms with Gasteiger partial charge in [0.15, 0.2) is 4.77 Å². The summed E-state index contributed by atoms with van der Waals surface area (Å²) in [6.45, 7) is 2.62. The van der Waals surface area contributed by atoms with Crippen LogP contribution in [0.5, 0.6) is 5.75 Å². The lowest BCUT2D eigenvalue weighted by Crippen LogP contribution is -2.18. The number of para-hydroxylation sites is 2. The van der Waals surface area contributed by atoms with Gasteiger partial charge >= 0.3 is 0 Å². The molecule has 1 heterocycles. The molecule has 2 aromatic rings. The number of carbonyl (C=O) groups is 1. The first-order chi connectivity index (χ1) is 9.65. The molecule has 20 heavy (non-hydrogen) atoms. The van der Waals surface area contributed by atoms with Crippen LogP contribution in [0.1, 0.15) is 12.7 Å². The maximum atomic E-state index is 12.1. The SMILES string of the molecule is CCn1c(CC(=O)Nc2ccccc2OC)n[nH]c1=S. The molecule has 0 saturated heterocycles. The molecule has 106 valence electrons. The summed E-state index contributed by atoms with van der Waals surface area (Å²) in [6.07, 6.45) is 0.152. The van der Waals surface area contributed by atoms with Gasteiger partial charge in [-0.3, -0.25) is 9.89 Å². The molecular weight excluding hydrogens is 276 g/mol. The number of methoxy groups -OCH3 is 1. The zero-order valence-electron chi connectivity index (χ0n) is 11.3. The standard InChI is InChI=1S/C13H16N4O2S/c1-3-17-11(15-16-13(17)20)8-12(18)14-9-6-4-5-7-10(9)19-2/h4-7H,3,8H2,1-2H3,(H,14,18)(H,16,20). The predicted molar refractivity (Wildman–Crippen MR) is 78.4 cm³/mol. The Bertz CT molecular complexity index is 662. The van der Waals surface area contributed by atoms with Crippen LogP contribution in [0.2, 0.25) is 0 Å². The van der Waals surface area contributed by atoms with Crippen molar-refractivity contribution < 1.29 is 9.53 Å². The summed E-state index contributed by atoms with van der Waals surface area (Å²) >= 11 is 5.09. The Labute approximate surface area is 121 Å². The van der Waals surface area contributed by atoms with Gasteiger partial charge in [-0.15, -0.1) is 0 Å². The maximum Gasteiger partial charge on any atom is 0.232 e. The fourth-order valence-corrected chi connectivity index (χ4v) is 2.18. The van der Waals surface area contributed by atoms with Gasteiger partial charge in [-0.05, 0) is 31.3 Å². The van der Waals surface area contributed by atoms with E-state index in [0.29, 0.717) is 28.6 Å². The van der Waals surface area contributed by atoms with E-state index in [-0.39, 0.29) is 12.3 Å². The molecule has 1 aromatic heterocycles. The van der Waals surface area contributed by atoms with E-state index in [2.05, 4.69) is 15.5 Å². The van der Waals surface area contributed by atoms with E-state index >= 15 is 0 Å². The molecule has 6 nitrogen and oxygen atoms in total. The monoisotopic (exact) mass is 292 g/mol. The first kappa shape index (κ1) is 14.3. The Morgan fingerprint density at radius 2 is 2.25 bits per heavy atom.